The number of rotatable bonds is 5. The number of benzene rings is 1. The van der Waals surface area contributed by atoms with E-state index >= 15 is 0 Å². The van der Waals surface area contributed by atoms with Gasteiger partial charge in [0.05, 0.1) is 13.7 Å². The van der Waals surface area contributed by atoms with Crippen LogP contribution in [0.25, 0.3) is 0 Å². The summed E-state index contributed by atoms with van der Waals surface area (Å²) in [5.74, 6) is -0.791. The molecular formula is C11H14N2O3. The van der Waals surface area contributed by atoms with Crippen molar-refractivity contribution in [1.82, 2.24) is 5.32 Å². The quantitative estimate of drug-likeness (QED) is 0.690. The monoisotopic (exact) mass is 222 g/mol. The molecule has 0 fully saturated rings. The first-order valence-corrected chi connectivity index (χ1v) is 4.79. The molecule has 0 aliphatic heterocycles. The minimum Gasteiger partial charge on any atom is -0.468 e. The zero-order chi connectivity index (χ0) is 12.0. The Kier molecular flexibility index (Phi) is 4.47. The van der Waals surface area contributed by atoms with Gasteiger partial charge in [0.25, 0.3) is 0 Å². The normalized spacial score (nSPS) is 9.81. The lowest BCUT2D eigenvalue weighted by Crippen LogP contribution is -2.23. The lowest BCUT2D eigenvalue weighted by atomic mass is 10.1. The van der Waals surface area contributed by atoms with Crippen molar-refractivity contribution in [2.45, 2.75) is 6.54 Å². The first-order chi connectivity index (χ1) is 7.63. The number of hydrogen-bond acceptors (Lipinski definition) is 4. The molecule has 0 radical (unpaired) electrons. The summed E-state index contributed by atoms with van der Waals surface area (Å²) in [7, 11) is 1.33. The largest absolute Gasteiger partial charge is 0.468 e. The molecule has 0 aliphatic rings. The van der Waals surface area contributed by atoms with Gasteiger partial charge in [0.1, 0.15) is 0 Å². The summed E-state index contributed by atoms with van der Waals surface area (Å²) in [5, 5.41) is 2.89. The summed E-state index contributed by atoms with van der Waals surface area (Å²) >= 11 is 0. The molecule has 5 nitrogen and oxygen atoms in total. The molecule has 3 N–H and O–H groups in total. The molecule has 5 heteroatoms. The van der Waals surface area contributed by atoms with Crippen molar-refractivity contribution in [3.8, 4) is 0 Å². The number of ether oxygens (including phenoxy) is 1. The van der Waals surface area contributed by atoms with Crippen LogP contribution in [0.15, 0.2) is 24.3 Å². The molecule has 1 aromatic carbocycles. The van der Waals surface area contributed by atoms with Crippen LogP contribution in [0.2, 0.25) is 0 Å². The minimum atomic E-state index is -0.463. The maximum atomic E-state index is 10.9. The number of carbonyl (C=O) groups is 2. The molecule has 0 unspecified atom stereocenters. The van der Waals surface area contributed by atoms with E-state index in [9.17, 15) is 9.59 Å². The van der Waals surface area contributed by atoms with E-state index in [4.69, 9.17) is 5.73 Å². The Hall–Kier alpha value is -1.88. The lowest BCUT2D eigenvalue weighted by Gasteiger charge is -2.04. The van der Waals surface area contributed by atoms with Gasteiger partial charge in [-0.15, -0.1) is 0 Å². The maximum Gasteiger partial charge on any atom is 0.319 e. The van der Waals surface area contributed by atoms with Crippen LogP contribution >= 0.6 is 0 Å². The van der Waals surface area contributed by atoms with Crippen molar-refractivity contribution in [3.63, 3.8) is 0 Å². The van der Waals surface area contributed by atoms with E-state index in [2.05, 4.69) is 10.1 Å². The van der Waals surface area contributed by atoms with Gasteiger partial charge >= 0.3 is 5.97 Å². The van der Waals surface area contributed by atoms with E-state index in [1.807, 2.05) is 6.07 Å². The van der Waals surface area contributed by atoms with Crippen LogP contribution in [-0.2, 0) is 16.1 Å². The molecule has 0 spiro atoms. The van der Waals surface area contributed by atoms with E-state index < -0.39 is 5.91 Å². The SMILES string of the molecule is COC(=O)CNCc1cccc(C(N)=O)c1. The van der Waals surface area contributed by atoms with Crippen LogP contribution in [0, 0.1) is 0 Å². The van der Waals surface area contributed by atoms with Gasteiger partial charge in [0.2, 0.25) is 5.91 Å². The zero-order valence-electron chi connectivity index (χ0n) is 9.03. The number of nitrogens with two attached hydrogens (primary N) is 1. The van der Waals surface area contributed by atoms with Crippen LogP contribution in [0.5, 0.6) is 0 Å². The van der Waals surface area contributed by atoms with Gasteiger partial charge < -0.3 is 15.8 Å². The summed E-state index contributed by atoms with van der Waals surface area (Å²) in [6.45, 7) is 0.619. The smallest absolute Gasteiger partial charge is 0.319 e. The molecule has 1 aromatic rings. The first kappa shape index (κ1) is 12.2. The molecule has 0 saturated heterocycles. The summed E-state index contributed by atoms with van der Waals surface area (Å²) in [6, 6.07) is 6.92. The predicted octanol–water partition coefficient (Wildman–Crippen LogP) is 0.0481. The van der Waals surface area contributed by atoms with Crippen LogP contribution in [0.3, 0.4) is 0 Å². The Balaban J connectivity index is 2.51. The van der Waals surface area contributed by atoms with Gasteiger partial charge in [-0.3, -0.25) is 9.59 Å². The van der Waals surface area contributed by atoms with Crippen LogP contribution < -0.4 is 11.1 Å². The number of esters is 1. The number of carbonyl (C=O) groups excluding carboxylic acids is 2. The molecule has 0 aliphatic carbocycles. The highest BCUT2D eigenvalue weighted by Gasteiger charge is 2.02. The molecule has 16 heavy (non-hydrogen) atoms. The zero-order valence-corrected chi connectivity index (χ0v) is 9.03. The molecular weight excluding hydrogens is 208 g/mol. The molecule has 0 heterocycles. The fraction of sp³-hybridized carbons (Fsp3) is 0.273. The topological polar surface area (TPSA) is 81.4 Å². The van der Waals surface area contributed by atoms with Crippen molar-refractivity contribution in [3.05, 3.63) is 35.4 Å². The molecule has 0 atom stereocenters. The van der Waals surface area contributed by atoms with E-state index in [0.717, 1.165) is 5.56 Å². The van der Waals surface area contributed by atoms with E-state index in [1.165, 1.54) is 7.11 Å². The second-order valence-corrected chi connectivity index (χ2v) is 3.24. The average Bonchev–Trinajstić information content (AvgIpc) is 2.29. The van der Waals surface area contributed by atoms with Crippen molar-refractivity contribution in [2.24, 2.45) is 5.73 Å². The third-order valence-electron chi connectivity index (χ3n) is 2.04. The number of hydrogen-bond donors (Lipinski definition) is 2. The first-order valence-electron chi connectivity index (χ1n) is 4.79. The Morgan fingerprint density at radius 2 is 2.19 bits per heavy atom. The molecule has 1 rings (SSSR count). The summed E-state index contributed by atoms with van der Waals surface area (Å²) in [6.07, 6.45) is 0. The molecule has 1 amide bonds. The lowest BCUT2D eigenvalue weighted by molar-refractivity contribution is -0.139. The van der Waals surface area contributed by atoms with Crippen molar-refractivity contribution >= 4 is 11.9 Å². The van der Waals surface area contributed by atoms with Gasteiger partial charge in [-0.1, -0.05) is 12.1 Å². The maximum absolute atomic E-state index is 10.9. The predicted molar refractivity (Wildman–Crippen MR) is 58.7 cm³/mol. The fourth-order valence-electron chi connectivity index (χ4n) is 1.22. The minimum absolute atomic E-state index is 0.136. The second-order valence-electron chi connectivity index (χ2n) is 3.24. The Morgan fingerprint density at radius 1 is 1.44 bits per heavy atom. The molecule has 0 saturated carbocycles. The summed E-state index contributed by atoms with van der Waals surface area (Å²) < 4.78 is 4.47. The Bertz CT molecular complexity index is 391. The second kappa shape index (κ2) is 5.87. The fourth-order valence-corrected chi connectivity index (χ4v) is 1.22. The van der Waals surface area contributed by atoms with Crippen molar-refractivity contribution in [2.75, 3.05) is 13.7 Å². The average molecular weight is 222 g/mol. The molecule has 0 bridgehead atoms. The third kappa shape index (κ3) is 3.70. The van der Waals surface area contributed by atoms with E-state index in [1.54, 1.807) is 18.2 Å². The number of amides is 1. The van der Waals surface area contributed by atoms with Crippen LogP contribution in [0.4, 0.5) is 0 Å². The third-order valence-corrected chi connectivity index (χ3v) is 2.04. The Labute approximate surface area is 93.6 Å². The van der Waals surface area contributed by atoms with Crippen LogP contribution in [-0.4, -0.2) is 25.5 Å². The molecule has 86 valence electrons. The van der Waals surface area contributed by atoms with E-state index in [0.29, 0.717) is 12.1 Å². The standard InChI is InChI=1S/C11H14N2O3/c1-16-10(14)7-13-6-8-3-2-4-9(5-8)11(12)15/h2-5,13H,6-7H2,1H3,(H2,12,15). The highest BCUT2D eigenvalue weighted by atomic mass is 16.5. The van der Waals surface area contributed by atoms with Crippen LogP contribution in [0.1, 0.15) is 15.9 Å². The highest BCUT2D eigenvalue weighted by molar-refractivity contribution is 5.92. The van der Waals surface area contributed by atoms with Gasteiger partial charge in [-0.2, -0.15) is 0 Å². The number of methoxy groups -OCH3 is 1. The highest BCUT2D eigenvalue weighted by Crippen LogP contribution is 2.04. The summed E-state index contributed by atoms with van der Waals surface area (Å²) in [4.78, 5) is 21.7. The van der Waals surface area contributed by atoms with Gasteiger partial charge in [0.15, 0.2) is 0 Å². The van der Waals surface area contributed by atoms with Gasteiger partial charge in [-0.25, -0.2) is 0 Å². The van der Waals surface area contributed by atoms with Crippen molar-refractivity contribution < 1.29 is 14.3 Å². The number of primary amides is 1. The molecule has 0 aromatic heterocycles. The van der Waals surface area contributed by atoms with E-state index in [-0.39, 0.29) is 12.5 Å². The van der Waals surface area contributed by atoms with Gasteiger partial charge in [-0.05, 0) is 17.7 Å². The number of nitrogens with one attached hydrogen (secondary N) is 1. The summed E-state index contributed by atoms with van der Waals surface area (Å²) in [5.41, 5.74) is 6.49. The van der Waals surface area contributed by atoms with Crippen molar-refractivity contribution in [1.29, 1.82) is 0 Å². The Morgan fingerprint density at radius 3 is 2.81 bits per heavy atom. The van der Waals surface area contributed by atoms with Gasteiger partial charge in [0, 0.05) is 12.1 Å².